The molecule has 1 amide bonds. The Morgan fingerprint density at radius 3 is 2.12 bits per heavy atom. The van der Waals surface area contributed by atoms with Crippen molar-refractivity contribution in [2.75, 3.05) is 11.5 Å². The number of benzene rings is 4. The highest BCUT2D eigenvalue weighted by Crippen LogP contribution is 2.42. The van der Waals surface area contributed by atoms with Crippen molar-refractivity contribution in [3.63, 3.8) is 0 Å². The average molecular weight is 442 g/mol. The van der Waals surface area contributed by atoms with Crippen LogP contribution in [0.25, 0.3) is 10.8 Å². The molecule has 0 fully saturated rings. The summed E-state index contributed by atoms with van der Waals surface area (Å²) < 4.78 is 5.64. The Bertz CT molecular complexity index is 1300. The third kappa shape index (κ3) is 3.63. The van der Waals surface area contributed by atoms with Crippen LogP contribution in [-0.4, -0.2) is 24.5 Å². The molecule has 1 aliphatic heterocycles. The van der Waals surface area contributed by atoms with Crippen LogP contribution in [0.5, 0.6) is 0 Å². The molecule has 0 saturated carbocycles. The Hall–Kier alpha value is -3.63. The lowest BCUT2D eigenvalue weighted by Gasteiger charge is -2.26. The molecule has 4 aromatic carbocycles. The molecule has 4 aromatic rings. The van der Waals surface area contributed by atoms with Gasteiger partial charge in [-0.1, -0.05) is 72.3 Å². The summed E-state index contributed by atoms with van der Waals surface area (Å²) in [5.41, 5.74) is 2.87. The highest BCUT2D eigenvalue weighted by Gasteiger charge is 2.37. The molecule has 0 aliphatic carbocycles. The molecule has 1 unspecified atom stereocenters. The summed E-state index contributed by atoms with van der Waals surface area (Å²) in [6.45, 7) is 0.0902. The van der Waals surface area contributed by atoms with E-state index in [-0.39, 0.29) is 18.6 Å². The number of esters is 1. The van der Waals surface area contributed by atoms with Gasteiger partial charge in [0.15, 0.2) is 0 Å². The number of carbonyl (C=O) groups is 2. The van der Waals surface area contributed by atoms with E-state index in [2.05, 4.69) is 0 Å². The van der Waals surface area contributed by atoms with Crippen LogP contribution >= 0.6 is 11.6 Å². The van der Waals surface area contributed by atoms with Crippen LogP contribution in [0, 0.1) is 0 Å². The second-order valence-electron chi connectivity index (χ2n) is 7.78. The summed E-state index contributed by atoms with van der Waals surface area (Å²) in [4.78, 5) is 27.9. The molecule has 0 bridgehead atoms. The fourth-order valence-corrected chi connectivity index (χ4v) is 4.58. The fraction of sp³-hybridized carbons (Fsp3) is 0.111. The Balaban J connectivity index is 1.53. The standard InChI is InChI=1S/C27H20ClNO3/c28-24-16-20-15-21(17-32-27(31)19-11-5-2-6-12-19)29(26(30)18-9-3-1-4-10-18)25(20)23-14-8-7-13-22(23)24/h1-14,16,21H,15,17H2. The predicted octanol–water partition coefficient (Wildman–Crippen LogP) is 5.92. The predicted molar refractivity (Wildman–Crippen MR) is 126 cm³/mol. The van der Waals surface area contributed by atoms with Gasteiger partial charge in [0.05, 0.1) is 17.3 Å². The second-order valence-corrected chi connectivity index (χ2v) is 8.18. The molecule has 5 rings (SSSR count). The van der Waals surface area contributed by atoms with Gasteiger partial charge in [-0.3, -0.25) is 4.79 Å². The van der Waals surface area contributed by atoms with Crippen molar-refractivity contribution in [3.05, 3.63) is 113 Å². The molecule has 0 N–H and O–H groups in total. The first-order valence-corrected chi connectivity index (χ1v) is 10.8. The van der Waals surface area contributed by atoms with Crippen molar-refractivity contribution in [1.82, 2.24) is 0 Å². The van der Waals surface area contributed by atoms with Crippen LogP contribution in [0.2, 0.25) is 5.02 Å². The molecule has 1 aliphatic rings. The van der Waals surface area contributed by atoms with Crippen molar-refractivity contribution in [1.29, 1.82) is 0 Å². The number of halogens is 1. The maximum absolute atomic E-state index is 13.6. The first-order chi connectivity index (χ1) is 15.6. The van der Waals surface area contributed by atoms with E-state index >= 15 is 0 Å². The van der Waals surface area contributed by atoms with Crippen molar-refractivity contribution < 1.29 is 14.3 Å². The number of hydrogen-bond donors (Lipinski definition) is 0. The zero-order valence-electron chi connectivity index (χ0n) is 17.2. The number of anilines is 1. The molecule has 0 radical (unpaired) electrons. The van der Waals surface area contributed by atoms with E-state index in [4.69, 9.17) is 16.3 Å². The molecule has 1 heterocycles. The molecule has 5 heteroatoms. The average Bonchev–Trinajstić information content (AvgIpc) is 3.21. The lowest BCUT2D eigenvalue weighted by atomic mass is 10.0. The lowest BCUT2D eigenvalue weighted by molar-refractivity contribution is 0.0476. The highest BCUT2D eigenvalue weighted by atomic mass is 35.5. The molecule has 158 valence electrons. The minimum atomic E-state index is -0.406. The number of ether oxygens (including phenoxy) is 1. The van der Waals surface area contributed by atoms with Gasteiger partial charge in [0, 0.05) is 21.4 Å². The Morgan fingerprint density at radius 2 is 1.44 bits per heavy atom. The van der Waals surface area contributed by atoms with Crippen molar-refractivity contribution in [2.24, 2.45) is 0 Å². The van der Waals surface area contributed by atoms with Crippen LogP contribution in [0.3, 0.4) is 0 Å². The smallest absolute Gasteiger partial charge is 0.338 e. The molecule has 32 heavy (non-hydrogen) atoms. The van der Waals surface area contributed by atoms with Crippen LogP contribution in [0.1, 0.15) is 26.3 Å². The third-order valence-electron chi connectivity index (χ3n) is 5.76. The number of hydrogen-bond acceptors (Lipinski definition) is 3. The summed E-state index contributed by atoms with van der Waals surface area (Å²) >= 11 is 6.55. The first kappa shape index (κ1) is 20.3. The number of carbonyl (C=O) groups excluding carboxylic acids is 2. The summed E-state index contributed by atoms with van der Waals surface area (Å²) in [7, 11) is 0. The fourth-order valence-electron chi connectivity index (χ4n) is 4.29. The second kappa shape index (κ2) is 8.48. The van der Waals surface area contributed by atoms with Crippen molar-refractivity contribution >= 4 is 39.9 Å². The molecule has 1 atom stereocenters. The van der Waals surface area contributed by atoms with Crippen LogP contribution in [-0.2, 0) is 11.2 Å². The molecule has 0 spiro atoms. The van der Waals surface area contributed by atoms with E-state index in [0.717, 1.165) is 22.0 Å². The number of fused-ring (bicyclic) bond motifs is 3. The molecule has 0 aromatic heterocycles. The van der Waals surface area contributed by atoms with Gasteiger partial charge < -0.3 is 9.64 Å². The summed E-state index contributed by atoms with van der Waals surface area (Å²) in [6.07, 6.45) is 0.556. The number of amides is 1. The number of nitrogens with zero attached hydrogens (tertiary/aromatic N) is 1. The Kier molecular flexibility index (Phi) is 5.38. The van der Waals surface area contributed by atoms with Gasteiger partial charge in [-0.05, 0) is 42.3 Å². The topological polar surface area (TPSA) is 46.6 Å². The number of rotatable bonds is 4. The van der Waals surface area contributed by atoms with Crippen LogP contribution in [0.15, 0.2) is 91.0 Å². The summed E-state index contributed by atoms with van der Waals surface area (Å²) in [6, 6.07) is 27.4. The molecule has 0 saturated heterocycles. The monoisotopic (exact) mass is 441 g/mol. The third-order valence-corrected chi connectivity index (χ3v) is 6.07. The molecular weight excluding hydrogens is 422 g/mol. The van der Waals surface area contributed by atoms with Crippen molar-refractivity contribution in [2.45, 2.75) is 12.5 Å². The van der Waals surface area contributed by atoms with E-state index in [9.17, 15) is 9.59 Å². The van der Waals surface area contributed by atoms with Gasteiger partial charge >= 0.3 is 5.97 Å². The van der Waals surface area contributed by atoms with Gasteiger partial charge in [0.25, 0.3) is 5.91 Å². The van der Waals surface area contributed by atoms with Gasteiger partial charge in [-0.15, -0.1) is 0 Å². The zero-order valence-corrected chi connectivity index (χ0v) is 18.0. The lowest BCUT2D eigenvalue weighted by Crippen LogP contribution is -2.41. The van der Waals surface area contributed by atoms with E-state index in [1.165, 1.54) is 0 Å². The van der Waals surface area contributed by atoms with E-state index in [0.29, 0.717) is 22.6 Å². The zero-order chi connectivity index (χ0) is 22.1. The molecule has 4 nitrogen and oxygen atoms in total. The quantitative estimate of drug-likeness (QED) is 0.369. The van der Waals surface area contributed by atoms with E-state index in [1.54, 1.807) is 41.3 Å². The SMILES string of the molecule is O=C(OCC1Cc2cc(Cl)c3ccccc3c2N1C(=O)c1ccccc1)c1ccccc1. The minimum absolute atomic E-state index is 0.0902. The van der Waals surface area contributed by atoms with Crippen LogP contribution < -0.4 is 4.90 Å². The maximum Gasteiger partial charge on any atom is 0.338 e. The minimum Gasteiger partial charge on any atom is -0.460 e. The van der Waals surface area contributed by atoms with Gasteiger partial charge in [-0.2, -0.15) is 0 Å². The van der Waals surface area contributed by atoms with E-state index < -0.39 is 5.97 Å². The normalized spacial score (nSPS) is 14.9. The first-order valence-electron chi connectivity index (χ1n) is 10.4. The van der Waals surface area contributed by atoms with E-state index in [1.807, 2.05) is 54.6 Å². The van der Waals surface area contributed by atoms with Crippen molar-refractivity contribution in [3.8, 4) is 0 Å². The Morgan fingerprint density at radius 1 is 0.844 bits per heavy atom. The molecular formula is C27H20ClNO3. The highest BCUT2D eigenvalue weighted by molar-refractivity contribution is 6.36. The van der Waals surface area contributed by atoms with Gasteiger partial charge in [0.1, 0.15) is 6.61 Å². The maximum atomic E-state index is 13.6. The van der Waals surface area contributed by atoms with Gasteiger partial charge in [0.2, 0.25) is 0 Å². The van der Waals surface area contributed by atoms with Crippen LogP contribution in [0.4, 0.5) is 5.69 Å². The van der Waals surface area contributed by atoms with Gasteiger partial charge in [-0.25, -0.2) is 4.79 Å². The summed E-state index contributed by atoms with van der Waals surface area (Å²) in [5.74, 6) is -0.533. The largest absolute Gasteiger partial charge is 0.460 e. The summed E-state index contributed by atoms with van der Waals surface area (Å²) in [5, 5.41) is 2.45. The Labute approximate surface area is 191 Å².